The maximum Gasteiger partial charge on any atom is 0.00262 e. The van der Waals surface area contributed by atoms with E-state index in [-0.39, 0.29) is 0 Å². The van der Waals surface area contributed by atoms with Gasteiger partial charge in [-0.25, -0.2) is 0 Å². The fraction of sp³-hybridized carbons (Fsp3) is 0. The SMILES string of the molecule is N=[S-](=O)c1ccccc1Br. The molecule has 0 aliphatic rings. The van der Waals surface area contributed by atoms with Crippen LogP contribution in [0.25, 0.3) is 0 Å². The molecule has 0 aliphatic carbocycles. The number of halogens is 1. The molecule has 0 atom stereocenters. The summed E-state index contributed by atoms with van der Waals surface area (Å²) < 4.78 is 18.2. The second-order valence-electron chi connectivity index (χ2n) is 1.70. The largest absolute Gasteiger partial charge is 0.440 e. The van der Waals surface area contributed by atoms with Crippen LogP contribution in [0.4, 0.5) is 0 Å². The van der Waals surface area contributed by atoms with Crippen molar-refractivity contribution in [1.29, 1.82) is 4.78 Å². The molecule has 0 bridgehead atoms. The summed E-state index contributed by atoms with van der Waals surface area (Å²) >= 11 is 3.18. The topological polar surface area (TPSA) is 40.9 Å². The Labute approximate surface area is 69.4 Å². The lowest BCUT2D eigenvalue weighted by atomic mass is 10.4. The molecule has 0 unspecified atom stereocenters. The summed E-state index contributed by atoms with van der Waals surface area (Å²) in [4.78, 5) is 0.516. The second-order valence-corrected chi connectivity index (χ2v) is 3.53. The van der Waals surface area contributed by atoms with Gasteiger partial charge in [0.1, 0.15) is 0 Å². The molecule has 0 aliphatic heterocycles. The van der Waals surface area contributed by atoms with Gasteiger partial charge in [0.05, 0.1) is 0 Å². The van der Waals surface area contributed by atoms with Crippen molar-refractivity contribution >= 4 is 26.5 Å². The number of benzene rings is 1. The monoisotopic (exact) mass is 218 g/mol. The van der Waals surface area contributed by atoms with Gasteiger partial charge >= 0.3 is 0 Å². The fourth-order valence-electron chi connectivity index (χ4n) is 0.595. The minimum absolute atomic E-state index is 0.516. The van der Waals surface area contributed by atoms with E-state index in [0.29, 0.717) is 4.90 Å². The molecule has 10 heavy (non-hydrogen) atoms. The first-order valence-corrected chi connectivity index (χ1v) is 4.53. The summed E-state index contributed by atoms with van der Waals surface area (Å²) in [5.74, 6) is 0. The van der Waals surface area contributed by atoms with E-state index < -0.39 is 10.6 Å². The van der Waals surface area contributed by atoms with Crippen LogP contribution in [0, 0.1) is 4.78 Å². The average molecular weight is 219 g/mol. The Morgan fingerprint density at radius 2 is 2.00 bits per heavy atom. The van der Waals surface area contributed by atoms with Gasteiger partial charge in [0.15, 0.2) is 0 Å². The molecule has 1 rings (SSSR count). The molecule has 0 radical (unpaired) electrons. The number of rotatable bonds is 1. The van der Waals surface area contributed by atoms with Crippen LogP contribution in [0.1, 0.15) is 0 Å². The highest BCUT2D eigenvalue weighted by molar-refractivity contribution is 9.10. The molecule has 0 heterocycles. The van der Waals surface area contributed by atoms with E-state index >= 15 is 0 Å². The number of hydrogen-bond acceptors (Lipinski definition) is 3. The van der Waals surface area contributed by atoms with Gasteiger partial charge < -0.3 is 8.99 Å². The van der Waals surface area contributed by atoms with Crippen LogP contribution in [0.5, 0.6) is 0 Å². The van der Waals surface area contributed by atoms with Crippen LogP contribution in [0.2, 0.25) is 0 Å². The molecule has 0 aromatic heterocycles. The van der Waals surface area contributed by atoms with Crippen molar-refractivity contribution < 1.29 is 4.21 Å². The van der Waals surface area contributed by atoms with Crippen LogP contribution in [-0.2, 0) is 14.8 Å². The molecule has 2 nitrogen and oxygen atoms in total. The fourth-order valence-corrected chi connectivity index (χ4v) is 1.77. The summed E-state index contributed by atoms with van der Waals surface area (Å²) in [7, 11) is -1.64. The molecule has 0 amide bonds. The number of hydrogen-bond donors (Lipinski definition) is 1. The third-order valence-corrected chi connectivity index (χ3v) is 2.75. The molecule has 0 saturated heterocycles. The van der Waals surface area contributed by atoms with E-state index in [4.69, 9.17) is 4.78 Å². The molecule has 0 fully saturated rings. The zero-order valence-electron chi connectivity index (χ0n) is 5.00. The van der Waals surface area contributed by atoms with Crippen molar-refractivity contribution in [2.75, 3.05) is 0 Å². The van der Waals surface area contributed by atoms with Crippen LogP contribution >= 0.6 is 15.9 Å². The summed E-state index contributed by atoms with van der Waals surface area (Å²) in [5, 5.41) is 0. The summed E-state index contributed by atoms with van der Waals surface area (Å²) in [6.45, 7) is 0. The van der Waals surface area contributed by atoms with Crippen molar-refractivity contribution in [1.82, 2.24) is 0 Å². The van der Waals surface area contributed by atoms with E-state index in [2.05, 4.69) is 15.9 Å². The van der Waals surface area contributed by atoms with Crippen molar-refractivity contribution in [2.45, 2.75) is 4.90 Å². The maximum atomic E-state index is 10.6. The molecule has 1 aromatic carbocycles. The Morgan fingerprint density at radius 3 is 2.40 bits per heavy atom. The first-order chi connectivity index (χ1) is 4.72. The zero-order valence-corrected chi connectivity index (χ0v) is 7.41. The lowest BCUT2D eigenvalue weighted by Gasteiger charge is -2.02. The highest BCUT2D eigenvalue weighted by Crippen LogP contribution is 2.16. The van der Waals surface area contributed by atoms with E-state index in [0.717, 1.165) is 4.47 Å². The number of nitrogens with one attached hydrogen (secondary N) is 1. The predicted octanol–water partition coefficient (Wildman–Crippen LogP) is 2.53. The van der Waals surface area contributed by atoms with Crippen LogP contribution in [-0.4, -0.2) is 0 Å². The summed E-state index contributed by atoms with van der Waals surface area (Å²) in [6, 6.07) is 7.00. The molecule has 0 spiro atoms. The lowest BCUT2D eigenvalue weighted by molar-refractivity contribution is 0.599. The Morgan fingerprint density at radius 1 is 1.40 bits per heavy atom. The van der Waals surface area contributed by atoms with E-state index in [1.807, 2.05) is 6.07 Å². The molecule has 4 heteroatoms. The second kappa shape index (κ2) is 3.16. The van der Waals surface area contributed by atoms with Crippen molar-refractivity contribution in [3.8, 4) is 0 Å². The minimum atomic E-state index is -1.64. The maximum absolute atomic E-state index is 10.6. The third kappa shape index (κ3) is 1.58. The van der Waals surface area contributed by atoms with Gasteiger partial charge in [-0.05, 0) is 6.07 Å². The van der Waals surface area contributed by atoms with E-state index in [9.17, 15) is 4.21 Å². The van der Waals surface area contributed by atoms with Crippen molar-refractivity contribution in [3.05, 3.63) is 28.7 Å². The minimum Gasteiger partial charge on any atom is -0.440 e. The average Bonchev–Trinajstić information content (AvgIpc) is 1.88. The zero-order chi connectivity index (χ0) is 7.56. The lowest BCUT2D eigenvalue weighted by Crippen LogP contribution is -1.77. The molecular formula is C6H5BrNOS-. The van der Waals surface area contributed by atoms with Crippen LogP contribution < -0.4 is 0 Å². The Kier molecular flexibility index (Phi) is 2.45. The van der Waals surface area contributed by atoms with Gasteiger partial charge in [0.25, 0.3) is 0 Å². The highest BCUT2D eigenvalue weighted by Gasteiger charge is 1.86. The molecule has 0 saturated carbocycles. The quantitative estimate of drug-likeness (QED) is 0.724. The first-order valence-electron chi connectivity index (χ1n) is 2.59. The van der Waals surface area contributed by atoms with Gasteiger partial charge in [0, 0.05) is 4.47 Å². The standard InChI is InChI=1S/C6H5BrNOS/c7-5-3-1-2-4-6(5)10(8)9/h1-4,8H/q-1. The molecule has 54 valence electrons. The van der Waals surface area contributed by atoms with E-state index in [1.165, 1.54) is 0 Å². The van der Waals surface area contributed by atoms with Gasteiger partial charge in [-0.1, -0.05) is 39.0 Å². The summed E-state index contributed by atoms with van der Waals surface area (Å²) in [6.07, 6.45) is 0. The first kappa shape index (κ1) is 7.75. The van der Waals surface area contributed by atoms with Crippen molar-refractivity contribution in [2.24, 2.45) is 0 Å². The van der Waals surface area contributed by atoms with Gasteiger partial charge in [-0.2, -0.15) is 10.6 Å². The normalized spacial score (nSPS) is 10.2. The van der Waals surface area contributed by atoms with E-state index in [1.54, 1.807) is 18.2 Å². The van der Waals surface area contributed by atoms with Gasteiger partial charge in [-0.3, -0.25) is 0 Å². The highest BCUT2D eigenvalue weighted by atomic mass is 79.9. The molecule has 1 aromatic rings. The van der Waals surface area contributed by atoms with Crippen molar-refractivity contribution in [3.63, 3.8) is 0 Å². The smallest absolute Gasteiger partial charge is 0.00262 e. The van der Waals surface area contributed by atoms with Gasteiger partial charge in [0.2, 0.25) is 0 Å². The van der Waals surface area contributed by atoms with Crippen LogP contribution in [0.15, 0.2) is 33.6 Å². The van der Waals surface area contributed by atoms with Crippen LogP contribution in [0.3, 0.4) is 0 Å². The Hall–Kier alpha value is -0.350. The predicted molar refractivity (Wildman–Crippen MR) is 43.2 cm³/mol. The summed E-state index contributed by atoms with van der Waals surface area (Å²) in [5.41, 5.74) is 0. The Balaban J connectivity index is 3.28. The third-order valence-electron chi connectivity index (χ3n) is 1.04. The Bertz CT molecular complexity index is 300. The van der Waals surface area contributed by atoms with Gasteiger partial charge in [-0.15, -0.1) is 0 Å². The molecule has 1 N–H and O–H groups in total. The molecular weight excluding hydrogens is 214 g/mol.